The largest absolute Gasteiger partial charge is 0.477 e. The smallest absolute Gasteiger partial charge is 0.354 e. The van der Waals surface area contributed by atoms with Gasteiger partial charge in [0.1, 0.15) is 5.69 Å². The number of aryl methyl sites for hydroxylation is 1. The third-order valence-corrected chi connectivity index (χ3v) is 3.85. The Kier molecular flexibility index (Phi) is 4.99. The molecule has 0 aliphatic rings. The molecule has 7 heteroatoms. The van der Waals surface area contributed by atoms with Gasteiger partial charge in [-0.25, -0.2) is 14.8 Å². The van der Waals surface area contributed by atoms with Gasteiger partial charge in [-0.3, -0.25) is 4.79 Å². The van der Waals surface area contributed by atoms with E-state index in [0.29, 0.717) is 13.0 Å². The first-order valence-corrected chi connectivity index (χ1v) is 7.39. The van der Waals surface area contributed by atoms with E-state index in [-0.39, 0.29) is 17.2 Å². The maximum absolute atomic E-state index is 11.9. The molecule has 0 saturated carbocycles. The average Bonchev–Trinajstić information content (AvgIpc) is 2.95. The van der Waals surface area contributed by atoms with Crippen LogP contribution in [-0.4, -0.2) is 33.5 Å². The summed E-state index contributed by atoms with van der Waals surface area (Å²) in [6.07, 6.45) is 2.87. The van der Waals surface area contributed by atoms with Crippen molar-refractivity contribution in [3.8, 4) is 0 Å². The van der Waals surface area contributed by atoms with Gasteiger partial charge in [0, 0.05) is 30.1 Å². The highest BCUT2D eigenvalue weighted by Crippen LogP contribution is 2.10. The number of rotatable bonds is 6. The minimum atomic E-state index is -1.15. The monoisotopic (exact) mass is 305 g/mol. The molecule has 2 rings (SSSR count). The summed E-state index contributed by atoms with van der Waals surface area (Å²) in [6.45, 7) is 2.50. The quantitative estimate of drug-likeness (QED) is 0.848. The van der Waals surface area contributed by atoms with Crippen molar-refractivity contribution in [2.45, 2.75) is 19.8 Å². The van der Waals surface area contributed by atoms with Gasteiger partial charge in [0.25, 0.3) is 5.91 Å². The van der Waals surface area contributed by atoms with E-state index in [1.165, 1.54) is 18.3 Å². The number of carbonyl (C=O) groups excluding carboxylic acids is 1. The highest BCUT2D eigenvalue weighted by molar-refractivity contribution is 7.09. The van der Waals surface area contributed by atoms with Crippen molar-refractivity contribution in [2.75, 3.05) is 6.54 Å². The molecule has 0 aliphatic heterocycles. The predicted molar refractivity (Wildman–Crippen MR) is 78.7 cm³/mol. The Bertz CT molecular complexity index is 654. The minimum Gasteiger partial charge on any atom is -0.477 e. The summed E-state index contributed by atoms with van der Waals surface area (Å²) in [6, 6.07) is 2.75. The van der Waals surface area contributed by atoms with Crippen molar-refractivity contribution < 1.29 is 14.7 Å². The summed E-state index contributed by atoms with van der Waals surface area (Å²) < 4.78 is 0. The molecule has 2 N–H and O–H groups in total. The molecule has 0 saturated heterocycles. The number of aromatic nitrogens is 2. The lowest BCUT2D eigenvalue weighted by Crippen LogP contribution is -2.26. The molecule has 0 aromatic carbocycles. The highest BCUT2D eigenvalue weighted by atomic mass is 32.1. The number of nitrogens with zero attached hydrogens (tertiary/aromatic N) is 2. The van der Waals surface area contributed by atoms with E-state index in [1.807, 2.05) is 12.3 Å². The van der Waals surface area contributed by atoms with Gasteiger partial charge in [-0.1, -0.05) is 6.92 Å². The second-order valence-corrected chi connectivity index (χ2v) is 5.27. The molecule has 0 unspecified atom stereocenters. The molecule has 2 aromatic heterocycles. The molecule has 0 radical (unpaired) electrons. The fourth-order valence-corrected chi connectivity index (χ4v) is 2.50. The van der Waals surface area contributed by atoms with Crippen LogP contribution in [0.5, 0.6) is 0 Å². The van der Waals surface area contributed by atoms with Gasteiger partial charge >= 0.3 is 5.97 Å². The first-order valence-electron chi connectivity index (χ1n) is 6.51. The van der Waals surface area contributed by atoms with Crippen LogP contribution in [0.4, 0.5) is 0 Å². The van der Waals surface area contributed by atoms with Crippen molar-refractivity contribution in [3.05, 3.63) is 45.7 Å². The number of carbonyl (C=O) groups is 2. The van der Waals surface area contributed by atoms with Crippen LogP contribution in [0.15, 0.2) is 23.7 Å². The summed E-state index contributed by atoms with van der Waals surface area (Å²) in [7, 11) is 0. The molecule has 1 amide bonds. The van der Waals surface area contributed by atoms with Crippen molar-refractivity contribution in [1.29, 1.82) is 0 Å². The molecule has 110 valence electrons. The zero-order valence-electron chi connectivity index (χ0n) is 11.5. The zero-order valence-corrected chi connectivity index (χ0v) is 12.3. The van der Waals surface area contributed by atoms with Gasteiger partial charge in [0.2, 0.25) is 0 Å². The Hall–Kier alpha value is -2.28. The van der Waals surface area contributed by atoms with Crippen molar-refractivity contribution >= 4 is 23.2 Å². The fourth-order valence-electron chi connectivity index (χ4n) is 1.72. The maximum atomic E-state index is 11.9. The number of amides is 1. The predicted octanol–water partition coefficient (Wildman–Crippen LogP) is 1.77. The number of hydrogen-bond acceptors (Lipinski definition) is 5. The van der Waals surface area contributed by atoms with Crippen LogP contribution in [0.3, 0.4) is 0 Å². The lowest BCUT2D eigenvalue weighted by atomic mass is 10.2. The van der Waals surface area contributed by atoms with Crippen LogP contribution in [0.2, 0.25) is 0 Å². The lowest BCUT2D eigenvalue weighted by Gasteiger charge is -2.04. The van der Waals surface area contributed by atoms with E-state index in [1.54, 1.807) is 11.3 Å². The molecule has 6 nitrogen and oxygen atoms in total. The average molecular weight is 305 g/mol. The number of thiazole rings is 1. The maximum Gasteiger partial charge on any atom is 0.354 e. The standard InChI is InChI=1S/C14H15N3O3S/c1-2-12-17-10(8-21-12)4-6-16-13(18)9-3-5-15-11(7-9)14(19)20/h3,5,7-8H,2,4,6H2,1H3,(H,16,18)(H,19,20). The van der Waals surface area contributed by atoms with Gasteiger partial charge in [-0.15, -0.1) is 11.3 Å². The Morgan fingerprint density at radius 3 is 2.90 bits per heavy atom. The Morgan fingerprint density at radius 2 is 2.24 bits per heavy atom. The van der Waals surface area contributed by atoms with Gasteiger partial charge in [-0.2, -0.15) is 0 Å². The van der Waals surface area contributed by atoms with Crippen LogP contribution in [-0.2, 0) is 12.8 Å². The number of carboxylic acids is 1. The first-order chi connectivity index (χ1) is 10.1. The van der Waals surface area contributed by atoms with Gasteiger partial charge < -0.3 is 10.4 Å². The van der Waals surface area contributed by atoms with Crippen LogP contribution >= 0.6 is 11.3 Å². The van der Waals surface area contributed by atoms with Gasteiger partial charge in [-0.05, 0) is 18.6 Å². The van der Waals surface area contributed by atoms with E-state index in [9.17, 15) is 9.59 Å². The van der Waals surface area contributed by atoms with Crippen molar-refractivity contribution in [2.24, 2.45) is 0 Å². The molecule has 0 bridgehead atoms. The van der Waals surface area contributed by atoms with Crippen molar-refractivity contribution in [3.63, 3.8) is 0 Å². The molecule has 2 heterocycles. The number of nitrogens with one attached hydrogen (secondary N) is 1. The van der Waals surface area contributed by atoms with E-state index < -0.39 is 5.97 Å². The Morgan fingerprint density at radius 1 is 1.43 bits per heavy atom. The van der Waals surface area contributed by atoms with E-state index >= 15 is 0 Å². The fraction of sp³-hybridized carbons (Fsp3) is 0.286. The summed E-state index contributed by atoms with van der Waals surface area (Å²) >= 11 is 1.61. The SMILES string of the molecule is CCc1nc(CCNC(=O)c2ccnc(C(=O)O)c2)cs1. The molecule has 0 fully saturated rings. The lowest BCUT2D eigenvalue weighted by molar-refractivity contribution is 0.0690. The Balaban J connectivity index is 1.89. The Labute approximate surface area is 125 Å². The third-order valence-electron chi connectivity index (χ3n) is 2.81. The van der Waals surface area contributed by atoms with E-state index in [2.05, 4.69) is 15.3 Å². The summed E-state index contributed by atoms with van der Waals surface area (Å²) in [5.41, 5.74) is 1.10. The van der Waals surface area contributed by atoms with Crippen LogP contribution < -0.4 is 5.32 Å². The van der Waals surface area contributed by atoms with Crippen LogP contribution in [0.1, 0.15) is 38.5 Å². The molecule has 0 aliphatic carbocycles. The normalized spacial score (nSPS) is 10.3. The summed E-state index contributed by atoms with van der Waals surface area (Å²) in [5.74, 6) is -1.47. The minimum absolute atomic E-state index is 0.144. The second kappa shape index (κ2) is 6.94. The number of pyridine rings is 1. The van der Waals surface area contributed by atoms with Gasteiger partial charge in [0.15, 0.2) is 0 Å². The summed E-state index contributed by atoms with van der Waals surface area (Å²) in [5, 5.41) is 14.7. The number of aromatic carboxylic acids is 1. The molecule has 0 spiro atoms. The third kappa shape index (κ3) is 4.09. The number of carboxylic acid groups (broad SMARTS) is 1. The van der Waals surface area contributed by atoms with Gasteiger partial charge in [0.05, 0.1) is 10.7 Å². The molecular formula is C14H15N3O3S. The molecular weight excluding hydrogens is 290 g/mol. The van der Waals surface area contributed by atoms with E-state index in [4.69, 9.17) is 5.11 Å². The molecule has 0 atom stereocenters. The summed E-state index contributed by atoms with van der Waals surface area (Å²) in [4.78, 5) is 30.8. The zero-order chi connectivity index (χ0) is 15.2. The number of hydrogen-bond donors (Lipinski definition) is 2. The highest BCUT2D eigenvalue weighted by Gasteiger charge is 2.10. The van der Waals surface area contributed by atoms with E-state index in [0.717, 1.165) is 17.1 Å². The molecule has 2 aromatic rings. The van der Waals surface area contributed by atoms with Crippen LogP contribution in [0, 0.1) is 0 Å². The second-order valence-electron chi connectivity index (χ2n) is 4.33. The first kappa shape index (κ1) is 15.1. The van der Waals surface area contributed by atoms with Crippen molar-refractivity contribution in [1.82, 2.24) is 15.3 Å². The topological polar surface area (TPSA) is 92.2 Å². The van der Waals surface area contributed by atoms with Crippen LogP contribution in [0.25, 0.3) is 0 Å². The molecule has 21 heavy (non-hydrogen) atoms.